The van der Waals surface area contributed by atoms with E-state index in [1.54, 1.807) is 48.5 Å². The van der Waals surface area contributed by atoms with Crippen LogP contribution in [-0.4, -0.2) is 24.6 Å². The van der Waals surface area contributed by atoms with Gasteiger partial charge in [-0.05, 0) is 42.0 Å². The number of halogens is 1. The molecule has 2 aliphatic heterocycles. The van der Waals surface area contributed by atoms with Crippen molar-refractivity contribution in [1.82, 2.24) is 5.32 Å². The molecule has 8 nitrogen and oxygen atoms in total. The number of barbiturate groups is 1. The van der Waals surface area contributed by atoms with Gasteiger partial charge in [-0.3, -0.25) is 14.9 Å². The van der Waals surface area contributed by atoms with Crippen LogP contribution in [0.15, 0.2) is 72.3 Å². The van der Waals surface area contributed by atoms with Gasteiger partial charge in [0.15, 0.2) is 11.5 Å². The van der Waals surface area contributed by atoms with Crippen molar-refractivity contribution in [2.24, 2.45) is 0 Å². The van der Waals surface area contributed by atoms with Crippen molar-refractivity contribution in [2.45, 2.75) is 6.61 Å². The zero-order valence-corrected chi connectivity index (χ0v) is 17.6. The van der Waals surface area contributed by atoms with Gasteiger partial charge >= 0.3 is 6.03 Å². The number of benzene rings is 3. The number of imide groups is 2. The minimum Gasteiger partial charge on any atom is -0.489 e. The first kappa shape index (κ1) is 21.2. The normalized spacial score (nSPS) is 16.1. The number of carbonyl (C=O) groups is 3. The number of hydrogen-bond donors (Lipinski definition) is 1. The van der Waals surface area contributed by atoms with Crippen LogP contribution >= 0.6 is 0 Å². The molecule has 0 radical (unpaired) electrons. The van der Waals surface area contributed by atoms with E-state index < -0.39 is 17.8 Å². The number of nitrogens with zero attached hydrogens (tertiary/aromatic N) is 1. The highest BCUT2D eigenvalue weighted by molar-refractivity contribution is 6.39. The van der Waals surface area contributed by atoms with Crippen molar-refractivity contribution >= 4 is 29.6 Å². The predicted molar refractivity (Wildman–Crippen MR) is 119 cm³/mol. The first-order chi connectivity index (χ1) is 16.5. The molecule has 0 spiro atoms. The lowest BCUT2D eigenvalue weighted by molar-refractivity contribution is -0.122. The third-order valence-electron chi connectivity index (χ3n) is 5.24. The Balaban J connectivity index is 1.39. The van der Waals surface area contributed by atoms with Crippen molar-refractivity contribution in [1.29, 1.82) is 0 Å². The maximum atomic E-state index is 13.8. The zero-order chi connectivity index (χ0) is 23.7. The summed E-state index contributed by atoms with van der Waals surface area (Å²) in [7, 11) is 0. The molecule has 0 atom stereocenters. The molecular formula is C25H17FN2O6. The molecule has 170 valence electrons. The van der Waals surface area contributed by atoms with E-state index in [-0.39, 0.29) is 30.5 Å². The third kappa shape index (κ3) is 4.06. The summed E-state index contributed by atoms with van der Waals surface area (Å²) < 4.78 is 30.1. The molecule has 2 heterocycles. The fraction of sp³-hybridized carbons (Fsp3) is 0.0800. The average molecular weight is 460 g/mol. The summed E-state index contributed by atoms with van der Waals surface area (Å²) in [6, 6.07) is 16.6. The van der Waals surface area contributed by atoms with E-state index >= 15 is 0 Å². The molecule has 1 saturated heterocycles. The van der Waals surface area contributed by atoms with Gasteiger partial charge < -0.3 is 14.2 Å². The minimum atomic E-state index is -0.868. The molecule has 3 aromatic carbocycles. The molecule has 4 amide bonds. The van der Waals surface area contributed by atoms with Crippen LogP contribution in [0.2, 0.25) is 0 Å². The number of amides is 4. The van der Waals surface area contributed by atoms with E-state index in [4.69, 9.17) is 14.2 Å². The molecule has 5 rings (SSSR count). The van der Waals surface area contributed by atoms with Crippen molar-refractivity contribution in [3.8, 4) is 17.2 Å². The van der Waals surface area contributed by atoms with E-state index in [0.717, 1.165) is 4.90 Å². The molecule has 0 saturated carbocycles. The standard InChI is InChI=1S/C25H17FN2O6/c26-20-7-2-1-5-16(20)13-32-18-6-3-4-15(10-18)11-19-23(29)27-25(31)28(24(19)30)17-8-9-21-22(12-17)34-14-33-21/h1-12H,13-14H2,(H,27,29,31)/b19-11+. The molecular weight excluding hydrogens is 443 g/mol. The summed E-state index contributed by atoms with van der Waals surface area (Å²) in [4.78, 5) is 38.9. The fourth-order valence-electron chi connectivity index (χ4n) is 3.55. The fourth-order valence-corrected chi connectivity index (χ4v) is 3.55. The summed E-state index contributed by atoms with van der Waals surface area (Å²) >= 11 is 0. The lowest BCUT2D eigenvalue weighted by Crippen LogP contribution is -2.54. The summed E-state index contributed by atoms with van der Waals surface area (Å²) in [6.45, 7) is 0.0520. The van der Waals surface area contributed by atoms with Gasteiger partial charge in [0.25, 0.3) is 11.8 Å². The Labute approximate surface area is 193 Å². The Morgan fingerprint density at radius 1 is 0.971 bits per heavy atom. The predicted octanol–water partition coefficient (Wildman–Crippen LogP) is 3.80. The average Bonchev–Trinajstić information content (AvgIpc) is 3.29. The van der Waals surface area contributed by atoms with E-state index in [9.17, 15) is 18.8 Å². The maximum Gasteiger partial charge on any atom is 0.335 e. The van der Waals surface area contributed by atoms with Gasteiger partial charge in [-0.1, -0.05) is 30.3 Å². The van der Waals surface area contributed by atoms with Gasteiger partial charge in [0, 0.05) is 11.6 Å². The lowest BCUT2D eigenvalue weighted by Gasteiger charge is -2.26. The first-order valence-electron chi connectivity index (χ1n) is 10.3. The Bertz CT molecular complexity index is 1350. The Morgan fingerprint density at radius 2 is 1.79 bits per heavy atom. The molecule has 1 N–H and O–H groups in total. The highest BCUT2D eigenvalue weighted by Gasteiger charge is 2.37. The van der Waals surface area contributed by atoms with Crippen molar-refractivity contribution in [2.75, 3.05) is 11.7 Å². The van der Waals surface area contributed by atoms with E-state index in [1.807, 2.05) is 0 Å². The van der Waals surface area contributed by atoms with E-state index in [1.165, 1.54) is 24.3 Å². The number of fused-ring (bicyclic) bond motifs is 1. The van der Waals surface area contributed by atoms with Gasteiger partial charge in [0.05, 0.1) is 5.69 Å². The summed E-state index contributed by atoms with van der Waals surface area (Å²) in [6.07, 6.45) is 1.36. The van der Waals surface area contributed by atoms with Crippen molar-refractivity contribution in [3.05, 3.63) is 89.2 Å². The summed E-state index contributed by atoms with van der Waals surface area (Å²) in [5.74, 6) is -0.675. The monoisotopic (exact) mass is 460 g/mol. The van der Waals surface area contributed by atoms with Crippen LogP contribution in [-0.2, 0) is 16.2 Å². The number of urea groups is 1. The topological polar surface area (TPSA) is 94.2 Å². The van der Waals surface area contributed by atoms with Gasteiger partial charge in [-0.2, -0.15) is 0 Å². The Hall–Kier alpha value is -4.66. The molecule has 0 bridgehead atoms. The highest BCUT2D eigenvalue weighted by atomic mass is 19.1. The van der Waals surface area contributed by atoms with Crippen LogP contribution < -0.4 is 24.4 Å². The lowest BCUT2D eigenvalue weighted by atomic mass is 10.1. The maximum absolute atomic E-state index is 13.8. The minimum absolute atomic E-state index is 0.0124. The van der Waals surface area contributed by atoms with Crippen LogP contribution in [0.5, 0.6) is 17.2 Å². The molecule has 0 aromatic heterocycles. The second-order valence-electron chi connectivity index (χ2n) is 7.45. The molecule has 3 aromatic rings. The SMILES string of the molecule is O=C1NC(=O)N(c2ccc3c(c2)OCO3)C(=O)/C1=C/c1cccc(OCc2ccccc2F)c1. The van der Waals surface area contributed by atoms with Crippen molar-refractivity contribution in [3.63, 3.8) is 0 Å². The summed E-state index contributed by atoms with van der Waals surface area (Å²) in [5.41, 5.74) is 0.881. The van der Waals surface area contributed by atoms with Crippen molar-refractivity contribution < 1.29 is 33.0 Å². The first-order valence-corrected chi connectivity index (χ1v) is 10.3. The summed E-state index contributed by atoms with van der Waals surface area (Å²) in [5, 5.41) is 2.18. The van der Waals surface area contributed by atoms with Crippen LogP contribution in [0.4, 0.5) is 14.9 Å². The quantitative estimate of drug-likeness (QED) is 0.460. The zero-order valence-electron chi connectivity index (χ0n) is 17.6. The van der Waals surface area contributed by atoms with E-state index in [0.29, 0.717) is 28.4 Å². The molecule has 9 heteroatoms. The van der Waals surface area contributed by atoms with E-state index in [2.05, 4.69) is 5.32 Å². The van der Waals surface area contributed by atoms with Gasteiger partial charge in [-0.15, -0.1) is 0 Å². The smallest absolute Gasteiger partial charge is 0.335 e. The molecule has 0 unspecified atom stereocenters. The van der Waals surface area contributed by atoms with Crippen LogP contribution in [0, 0.1) is 5.82 Å². The molecule has 0 aliphatic carbocycles. The number of hydrogen-bond acceptors (Lipinski definition) is 6. The van der Waals surface area contributed by atoms with Crippen LogP contribution in [0.1, 0.15) is 11.1 Å². The molecule has 34 heavy (non-hydrogen) atoms. The second kappa shape index (κ2) is 8.70. The van der Waals surface area contributed by atoms with Crippen LogP contribution in [0.25, 0.3) is 6.08 Å². The molecule has 2 aliphatic rings. The third-order valence-corrected chi connectivity index (χ3v) is 5.24. The van der Waals surface area contributed by atoms with Gasteiger partial charge in [0.2, 0.25) is 6.79 Å². The Kier molecular flexibility index (Phi) is 5.43. The number of anilines is 1. The highest BCUT2D eigenvalue weighted by Crippen LogP contribution is 2.36. The largest absolute Gasteiger partial charge is 0.489 e. The number of carbonyl (C=O) groups excluding carboxylic acids is 3. The number of nitrogens with one attached hydrogen (secondary N) is 1. The number of ether oxygens (including phenoxy) is 3. The Morgan fingerprint density at radius 3 is 2.65 bits per heavy atom. The molecule has 1 fully saturated rings. The van der Waals surface area contributed by atoms with Gasteiger partial charge in [0.1, 0.15) is 23.7 Å². The second-order valence-corrected chi connectivity index (χ2v) is 7.45. The van der Waals surface area contributed by atoms with Gasteiger partial charge in [-0.25, -0.2) is 14.1 Å². The van der Waals surface area contributed by atoms with Crippen LogP contribution in [0.3, 0.4) is 0 Å². The number of rotatable bonds is 5.